The molecule has 68 valence electrons. The summed E-state index contributed by atoms with van der Waals surface area (Å²) in [5.41, 5.74) is 8.06. The van der Waals surface area contributed by atoms with E-state index in [0.717, 1.165) is 22.3 Å². The molecule has 0 saturated heterocycles. The third-order valence-electron chi connectivity index (χ3n) is 2.04. The fourth-order valence-corrected chi connectivity index (χ4v) is 1.46. The van der Waals surface area contributed by atoms with E-state index in [-0.39, 0.29) is 0 Å². The first kappa shape index (κ1) is 7.78. The number of H-pyrrole nitrogens is 1. The maximum absolute atomic E-state index is 5.72. The number of aryl methyl sites for hydroxylation is 2. The molecule has 0 spiro atoms. The van der Waals surface area contributed by atoms with Crippen LogP contribution in [0.3, 0.4) is 0 Å². The molecule has 13 heavy (non-hydrogen) atoms. The van der Waals surface area contributed by atoms with Gasteiger partial charge in [-0.1, -0.05) is 0 Å². The van der Waals surface area contributed by atoms with Gasteiger partial charge in [-0.3, -0.25) is 0 Å². The molecule has 0 aromatic carbocycles. The van der Waals surface area contributed by atoms with Gasteiger partial charge in [-0.05, 0) is 13.8 Å². The highest BCUT2D eigenvalue weighted by molar-refractivity contribution is 5.89. The van der Waals surface area contributed by atoms with Crippen LogP contribution in [0.1, 0.15) is 11.4 Å². The van der Waals surface area contributed by atoms with Gasteiger partial charge in [-0.2, -0.15) is 10.9 Å². The summed E-state index contributed by atoms with van der Waals surface area (Å²) in [4.78, 5) is 1.36. The number of aromatic nitrogens is 4. The zero-order chi connectivity index (χ0) is 9.59. The number of aromatic amines is 1. The van der Waals surface area contributed by atoms with E-state index in [2.05, 4.69) is 15.3 Å². The lowest BCUT2D eigenvalue weighted by atomic mass is 10.2. The fourth-order valence-electron chi connectivity index (χ4n) is 1.46. The molecule has 0 aliphatic rings. The lowest BCUT2D eigenvalue weighted by molar-refractivity contribution is -0.670. The highest BCUT2D eigenvalue weighted by atomic mass is 15.5. The number of nitrogens with two attached hydrogens (primary N) is 2. The smallest absolute Gasteiger partial charge is 0.298 e. The topological polar surface area (TPSA) is 97.5 Å². The first-order chi connectivity index (χ1) is 6.11. The van der Waals surface area contributed by atoms with Crippen molar-refractivity contribution in [3.63, 3.8) is 0 Å². The van der Waals surface area contributed by atoms with E-state index in [9.17, 15) is 0 Å². The molecule has 0 saturated carbocycles. The van der Waals surface area contributed by atoms with Crippen molar-refractivity contribution in [1.82, 2.24) is 15.3 Å². The summed E-state index contributed by atoms with van der Waals surface area (Å²) in [7, 11) is 0. The number of nitrogens with zero attached hydrogens (tertiary/aromatic N) is 3. The van der Waals surface area contributed by atoms with E-state index in [1.807, 2.05) is 13.8 Å². The van der Waals surface area contributed by atoms with Crippen molar-refractivity contribution in [2.24, 2.45) is 0 Å². The number of hydrogen-bond donors (Lipinski definition) is 3. The van der Waals surface area contributed by atoms with Crippen LogP contribution in [0.25, 0.3) is 10.9 Å². The van der Waals surface area contributed by atoms with Gasteiger partial charge in [0.2, 0.25) is 0 Å². The summed E-state index contributed by atoms with van der Waals surface area (Å²) < 4.78 is 0. The molecule has 0 fully saturated rings. The van der Waals surface area contributed by atoms with Crippen molar-refractivity contribution in [2.45, 2.75) is 13.8 Å². The summed E-state index contributed by atoms with van der Waals surface area (Å²) >= 11 is 0. The van der Waals surface area contributed by atoms with Crippen LogP contribution in [-0.4, -0.2) is 15.3 Å². The molecule has 0 amide bonds. The molecule has 0 radical (unpaired) electrons. The molecule has 0 aliphatic carbocycles. The second-order valence-corrected chi connectivity index (χ2v) is 2.99. The van der Waals surface area contributed by atoms with E-state index in [4.69, 9.17) is 11.6 Å². The van der Waals surface area contributed by atoms with Crippen LogP contribution in [0.4, 0.5) is 5.82 Å². The second-order valence-electron chi connectivity index (χ2n) is 2.99. The van der Waals surface area contributed by atoms with E-state index in [1.165, 1.54) is 4.79 Å². The predicted octanol–water partition coefficient (Wildman–Crippen LogP) is -0.842. The molecule has 6 heteroatoms. The third kappa shape index (κ3) is 0.915. The van der Waals surface area contributed by atoms with Crippen molar-refractivity contribution < 1.29 is 4.79 Å². The van der Waals surface area contributed by atoms with Gasteiger partial charge in [0.15, 0.2) is 5.82 Å². The van der Waals surface area contributed by atoms with Crippen molar-refractivity contribution in [3.8, 4) is 0 Å². The molecule has 2 aromatic rings. The first-order valence-corrected chi connectivity index (χ1v) is 3.89. The Morgan fingerprint density at radius 2 is 1.85 bits per heavy atom. The number of anilines is 1. The SMILES string of the molecule is Cc1nnc(C)c2c1c(N)[nH][n+]2N. The van der Waals surface area contributed by atoms with E-state index < -0.39 is 0 Å². The Morgan fingerprint density at radius 1 is 1.23 bits per heavy atom. The second kappa shape index (κ2) is 2.32. The minimum atomic E-state index is 0.521. The summed E-state index contributed by atoms with van der Waals surface area (Å²) in [5, 5.41) is 11.5. The number of nitrogen functional groups attached to an aromatic ring is 2. The summed E-state index contributed by atoms with van der Waals surface area (Å²) in [6.07, 6.45) is 0. The Morgan fingerprint density at radius 3 is 2.46 bits per heavy atom. The summed E-state index contributed by atoms with van der Waals surface area (Å²) in [6.45, 7) is 3.68. The number of hydrogen-bond acceptors (Lipinski definition) is 4. The molecule has 5 N–H and O–H groups in total. The molecule has 0 aliphatic heterocycles. The van der Waals surface area contributed by atoms with Gasteiger partial charge in [0.25, 0.3) is 5.52 Å². The van der Waals surface area contributed by atoms with E-state index in [1.54, 1.807) is 0 Å². The molecule has 6 nitrogen and oxygen atoms in total. The number of fused-ring (bicyclic) bond motifs is 1. The quantitative estimate of drug-likeness (QED) is 0.363. The third-order valence-corrected chi connectivity index (χ3v) is 2.04. The average molecular weight is 179 g/mol. The Hall–Kier alpha value is -1.85. The largest absolute Gasteiger partial charge is 0.380 e. The van der Waals surface area contributed by atoms with Gasteiger partial charge < -0.3 is 5.73 Å². The molecule has 2 aromatic heterocycles. The van der Waals surface area contributed by atoms with Crippen LogP contribution in [0.5, 0.6) is 0 Å². The van der Waals surface area contributed by atoms with Crippen LogP contribution >= 0.6 is 0 Å². The number of rotatable bonds is 0. The van der Waals surface area contributed by atoms with Crippen LogP contribution in [0, 0.1) is 13.8 Å². The van der Waals surface area contributed by atoms with Crippen LogP contribution < -0.4 is 16.4 Å². The van der Waals surface area contributed by atoms with Crippen molar-refractivity contribution >= 4 is 16.7 Å². The molecular formula is C7H11N6+. The molecule has 0 unspecified atom stereocenters. The molecule has 2 heterocycles. The summed E-state index contributed by atoms with van der Waals surface area (Å²) in [6, 6.07) is 0. The van der Waals surface area contributed by atoms with E-state index in [0.29, 0.717) is 5.82 Å². The van der Waals surface area contributed by atoms with Gasteiger partial charge in [0, 0.05) is 4.79 Å². The van der Waals surface area contributed by atoms with Gasteiger partial charge >= 0.3 is 0 Å². The number of nitrogens with one attached hydrogen (secondary N) is 1. The van der Waals surface area contributed by atoms with Gasteiger partial charge in [-0.15, -0.1) is 10.2 Å². The van der Waals surface area contributed by atoms with E-state index >= 15 is 0 Å². The van der Waals surface area contributed by atoms with Crippen molar-refractivity contribution in [3.05, 3.63) is 11.4 Å². The van der Waals surface area contributed by atoms with Gasteiger partial charge in [0.1, 0.15) is 11.1 Å². The molecular weight excluding hydrogens is 168 g/mol. The highest BCUT2D eigenvalue weighted by Crippen LogP contribution is 2.19. The maximum atomic E-state index is 5.72. The average Bonchev–Trinajstić information content (AvgIpc) is 2.36. The lowest BCUT2D eigenvalue weighted by Crippen LogP contribution is -2.47. The van der Waals surface area contributed by atoms with Gasteiger partial charge in [-0.25, -0.2) is 0 Å². The minimum absolute atomic E-state index is 0.521. The van der Waals surface area contributed by atoms with Crippen molar-refractivity contribution in [1.29, 1.82) is 0 Å². The Labute approximate surface area is 74.5 Å². The Balaban J connectivity index is 3.03. The first-order valence-electron chi connectivity index (χ1n) is 3.89. The fraction of sp³-hybridized carbons (Fsp3) is 0.286. The minimum Gasteiger partial charge on any atom is -0.380 e. The maximum Gasteiger partial charge on any atom is 0.298 e. The Kier molecular flexibility index (Phi) is 1.39. The zero-order valence-electron chi connectivity index (χ0n) is 7.50. The summed E-state index contributed by atoms with van der Waals surface area (Å²) in [5.74, 6) is 6.18. The monoisotopic (exact) mass is 179 g/mol. The molecule has 0 bridgehead atoms. The Bertz CT molecular complexity index is 429. The van der Waals surface area contributed by atoms with Crippen LogP contribution in [0.2, 0.25) is 0 Å². The predicted molar refractivity (Wildman–Crippen MR) is 48.1 cm³/mol. The van der Waals surface area contributed by atoms with Gasteiger partial charge in [0.05, 0.1) is 5.69 Å². The van der Waals surface area contributed by atoms with Crippen molar-refractivity contribution in [2.75, 3.05) is 11.6 Å². The van der Waals surface area contributed by atoms with Crippen LogP contribution in [0.15, 0.2) is 0 Å². The normalized spacial score (nSPS) is 10.9. The molecule has 2 rings (SSSR count). The zero-order valence-corrected chi connectivity index (χ0v) is 7.50. The molecule has 0 atom stereocenters. The standard InChI is InChI=1S/C7H10N6/c1-3-5-6(4(2)11-10-3)13(9)12-7(5)8/h9H2,1-2H3,(H2,8,12)/p+1. The lowest BCUT2D eigenvalue weighted by Gasteiger charge is -1.92. The van der Waals surface area contributed by atoms with Crippen LogP contribution in [-0.2, 0) is 0 Å². The highest BCUT2D eigenvalue weighted by Gasteiger charge is 2.20.